The minimum atomic E-state index is -0.239. The van der Waals surface area contributed by atoms with Crippen LogP contribution in [0.2, 0.25) is 0 Å². The number of likely N-dealkylation sites (tertiary alicyclic amines) is 1. The first-order valence-corrected chi connectivity index (χ1v) is 8.50. The predicted molar refractivity (Wildman–Crippen MR) is 84.6 cm³/mol. The largest absolute Gasteiger partial charge is 0.453 e. The van der Waals surface area contributed by atoms with Crippen molar-refractivity contribution >= 4 is 28.8 Å². The smallest absolute Gasteiger partial charge is 0.409 e. The SMILES string of the molecule is COC(=O)N1CC[C@@H](NCc2cnc(-c3cccs3)s2)C1. The van der Waals surface area contributed by atoms with Gasteiger partial charge in [0.15, 0.2) is 0 Å². The fourth-order valence-corrected chi connectivity index (χ4v) is 4.04. The monoisotopic (exact) mass is 323 g/mol. The minimum Gasteiger partial charge on any atom is -0.453 e. The summed E-state index contributed by atoms with van der Waals surface area (Å²) >= 11 is 3.43. The van der Waals surface area contributed by atoms with Gasteiger partial charge in [0, 0.05) is 36.8 Å². The molecule has 112 valence electrons. The zero-order valence-electron chi connectivity index (χ0n) is 11.7. The maximum Gasteiger partial charge on any atom is 0.409 e. The molecule has 1 atom stereocenters. The van der Waals surface area contributed by atoms with Crippen molar-refractivity contribution in [2.75, 3.05) is 20.2 Å². The normalized spacial score (nSPS) is 18.1. The molecule has 1 aliphatic heterocycles. The molecule has 1 fully saturated rings. The molecule has 21 heavy (non-hydrogen) atoms. The summed E-state index contributed by atoms with van der Waals surface area (Å²) in [7, 11) is 1.42. The number of rotatable bonds is 4. The number of hydrogen-bond donors (Lipinski definition) is 1. The van der Waals surface area contributed by atoms with Gasteiger partial charge in [-0.05, 0) is 17.9 Å². The van der Waals surface area contributed by atoms with E-state index in [9.17, 15) is 4.79 Å². The lowest BCUT2D eigenvalue weighted by Crippen LogP contribution is -2.34. The molecule has 0 bridgehead atoms. The molecule has 0 aliphatic carbocycles. The molecular weight excluding hydrogens is 306 g/mol. The molecule has 0 radical (unpaired) electrons. The first-order valence-electron chi connectivity index (χ1n) is 6.81. The van der Waals surface area contributed by atoms with E-state index < -0.39 is 0 Å². The quantitative estimate of drug-likeness (QED) is 0.940. The number of carbonyl (C=O) groups excluding carboxylic acids is 1. The summed E-state index contributed by atoms with van der Waals surface area (Å²) in [5.74, 6) is 0. The van der Waals surface area contributed by atoms with Crippen molar-refractivity contribution in [3.8, 4) is 9.88 Å². The van der Waals surface area contributed by atoms with E-state index in [1.807, 2.05) is 12.3 Å². The van der Waals surface area contributed by atoms with Crippen LogP contribution in [0.25, 0.3) is 9.88 Å². The van der Waals surface area contributed by atoms with Gasteiger partial charge < -0.3 is 15.0 Å². The van der Waals surface area contributed by atoms with Gasteiger partial charge in [-0.1, -0.05) is 6.07 Å². The Kier molecular flexibility index (Phi) is 4.52. The van der Waals surface area contributed by atoms with Crippen LogP contribution in [0, 0.1) is 0 Å². The van der Waals surface area contributed by atoms with Crippen molar-refractivity contribution in [2.24, 2.45) is 0 Å². The van der Waals surface area contributed by atoms with Crippen molar-refractivity contribution in [3.63, 3.8) is 0 Å². The van der Waals surface area contributed by atoms with E-state index in [4.69, 9.17) is 4.74 Å². The highest BCUT2D eigenvalue weighted by Crippen LogP contribution is 2.28. The Labute approximate surface area is 131 Å². The van der Waals surface area contributed by atoms with E-state index in [2.05, 4.69) is 21.7 Å². The Morgan fingerprint density at radius 1 is 1.62 bits per heavy atom. The van der Waals surface area contributed by atoms with Crippen LogP contribution in [-0.2, 0) is 11.3 Å². The van der Waals surface area contributed by atoms with Gasteiger partial charge in [0.05, 0.1) is 12.0 Å². The first-order chi connectivity index (χ1) is 10.3. The zero-order valence-corrected chi connectivity index (χ0v) is 13.4. The lowest BCUT2D eigenvalue weighted by molar-refractivity contribution is 0.132. The van der Waals surface area contributed by atoms with Crippen molar-refractivity contribution in [2.45, 2.75) is 19.0 Å². The first kappa shape index (κ1) is 14.5. The van der Waals surface area contributed by atoms with E-state index in [1.165, 1.54) is 16.9 Å². The number of nitrogens with zero attached hydrogens (tertiary/aromatic N) is 2. The van der Waals surface area contributed by atoms with Crippen LogP contribution in [0.3, 0.4) is 0 Å². The number of hydrogen-bond acceptors (Lipinski definition) is 6. The second-order valence-electron chi connectivity index (χ2n) is 4.89. The summed E-state index contributed by atoms with van der Waals surface area (Å²) < 4.78 is 4.74. The number of thiophene rings is 1. The fourth-order valence-electron chi connectivity index (χ4n) is 2.37. The summed E-state index contributed by atoms with van der Waals surface area (Å²) in [6.07, 6.45) is 2.66. The van der Waals surface area contributed by atoms with Crippen molar-refractivity contribution in [1.29, 1.82) is 0 Å². The van der Waals surface area contributed by atoms with E-state index in [0.29, 0.717) is 12.6 Å². The average molecular weight is 323 g/mol. The van der Waals surface area contributed by atoms with Gasteiger partial charge in [0.2, 0.25) is 0 Å². The number of amides is 1. The molecular formula is C14H17N3O2S2. The molecule has 0 saturated carbocycles. The van der Waals surface area contributed by atoms with Gasteiger partial charge in [-0.2, -0.15) is 0 Å². The Hall–Kier alpha value is -1.44. The molecule has 1 aliphatic rings. The van der Waals surface area contributed by atoms with Crippen LogP contribution in [0.15, 0.2) is 23.7 Å². The number of ether oxygens (including phenoxy) is 1. The van der Waals surface area contributed by atoms with Crippen LogP contribution in [0.4, 0.5) is 4.79 Å². The lowest BCUT2D eigenvalue weighted by atomic mass is 10.2. The lowest BCUT2D eigenvalue weighted by Gasteiger charge is -2.15. The molecule has 0 aromatic carbocycles. The summed E-state index contributed by atoms with van der Waals surface area (Å²) in [6, 6.07) is 4.46. The number of nitrogens with one attached hydrogen (secondary N) is 1. The third kappa shape index (κ3) is 3.42. The van der Waals surface area contributed by atoms with Crippen LogP contribution in [0.5, 0.6) is 0 Å². The van der Waals surface area contributed by atoms with Crippen LogP contribution >= 0.6 is 22.7 Å². The number of thiazole rings is 1. The van der Waals surface area contributed by atoms with Gasteiger partial charge in [0.25, 0.3) is 0 Å². The fraction of sp³-hybridized carbons (Fsp3) is 0.429. The Balaban J connectivity index is 1.51. The van der Waals surface area contributed by atoms with Crippen molar-refractivity contribution < 1.29 is 9.53 Å². The topological polar surface area (TPSA) is 54.5 Å². The van der Waals surface area contributed by atoms with Crippen LogP contribution in [0.1, 0.15) is 11.3 Å². The molecule has 7 heteroatoms. The van der Waals surface area contributed by atoms with Gasteiger partial charge in [-0.3, -0.25) is 0 Å². The third-order valence-electron chi connectivity index (χ3n) is 3.47. The number of carbonyl (C=O) groups is 1. The van der Waals surface area contributed by atoms with E-state index in [1.54, 1.807) is 27.6 Å². The van der Waals surface area contributed by atoms with Gasteiger partial charge >= 0.3 is 6.09 Å². The number of aromatic nitrogens is 1. The zero-order chi connectivity index (χ0) is 14.7. The highest BCUT2D eigenvalue weighted by atomic mass is 32.1. The summed E-state index contributed by atoms with van der Waals surface area (Å²) in [5, 5.41) is 6.63. The average Bonchev–Trinajstić information content (AvgIpc) is 3.23. The molecule has 0 unspecified atom stereocenters. The molecule has 3 rings (SSSR count). The maximum atomic E-state index is 11.4. The summed E-state index contributed by atoms with van der Waals surface area (Å²) in [5.41, 5.74) is 0. The standard InChI is InChI=1S/C14H17N3O2S2/c1-19-14(18)17-5-4-10(9-17)15-7-11-8-16-13(21-11)12-3-2-6-20-12/h2-3,6,8,10,15H,4-5,7,9H2,1H3/t10-/m1/s1. The van der Waals surface area contributed by atoms with Gasteiger partial charge in [-0.15, -0.1) is 22.7 Å². The molecule has 3 heterocycles. The van der Waals surface area contributed by atoms with E-state index in [-0.39, 0.29) is 6.09 Å². The van der Waals surface area contributed by atoms with Gasteiger partial charge in [0.1, 0.15) is 5.01 Å². The van der Waals surface area contributed by atoms with Crippen LogP contribution in [-0.4, -0.2) is 42.2 Å². The summed E-state index contributed by atoms with van der Waals surface area (Å²) in [6.45, 7) is 2.26. The van der Waals surface area contributed by atoms with E-state index in [0.717, 1.165) is 24.5 Å². The Morgan fingerprint density at radius 2 is 2.52 bits per heavy atom. The summed E-state index contributed by atoms with van der Waals surface area (Å²) in [4.78, 5) is 20.1. The highest BCUT2D eigenvalue weighted by Gasteiger charge is 2.26. The van der Waals surface area contributed by atoms with Crippen LogP contribution < -0.4 is 5.32 Å². The molecule has 0 spiro atoms. The second kappa shape index (κ2) is 6.55. The van der Waals surface area contributed by atoms with Gasteiger partial charge in [-0.25, -0.2) is 9.78 Å². The third-order valence-corrected chi connectivity index (χ3v) is 5.51. The van der Waals surface area contributed by atoms with Crippen molar-refractivity contribution in [1.82, 2.24) is 15.2 Å². The molecule has 1 saturated heterocycles. The molecule has 1 N–H and O–H groups in total. The molecule has 5 nitrogen and oxygen atoms in total. The Morgan fingerprint density at radius 3 is 3.29 bits per heavy atom. The van der Waals surface area contributed by atoms with E-state index >= 15 is 0 Å². The molecule has 2 aromatic rings. The number of methoxy groups -OCH3 is 1. The predicted octanol–water partition coefficient (Wildman–Crippen LogP) is 2.80. The second-order valence-corrected chi connectivity index (χ2v) is 6.95. The molecule has 2 aromatic heterocycles. The Bertz CT molecular complexity index is 597. The van der Waals surface area contributed by atoms with Crippen molar-refractivity contribution in [3.05, 3.63) is 28.6 Å². The minimum absolute atomic E-state index is 0.239. The molecule has 1 amide bonds. The highest BCUT2D eigenvalue weighted by molar-refractivity contribution is 7.20. The maximum absolute atomic E-state index is 11.4.